The lowest BCUT2D eigenvalue weighted by atomic mass is 9.87. The van der Waals surface area contributed by atoms with Crippen molar-refractivity contribution in [2.45, 2.75) is 44.1 Å². The molecule has 0 radical (unpaired) electrons. The molecule has 2 aromatic heterocycles. The highest BCUT2D eigenvalue weighted by molar-refractivity contribution is 7.09. The highest BCUT2D eigenvalue weighted by Crippen LogP contribution is 2.31. The topological polar surface area (TPSA) is 87.3 Å². The number of methoxy groups -OCH3 is 1. The summed E-state index contributed by atoms with van der Waals surface area (Å²) in [5.41, 5.74) is 1.50. The van der Waals surface area contributed by atoms with E-state index in [1.165, 1.54) is 4.88 Å². The molecule has 1 saturated heterocycles. The number of aromatic amines is 1. The minimum absolute atomic E-state index is 0.0823. The molecule has 0 spiro atoms. The maximum absolute atomic E-state index is 12.8. The number of rotatable bonds is 9. The molecule has 0 bridgehead atoms. The van der Waals surface area contributed by atoms with Gasteiger partial charge >= 0.3 is 0 Å². The van der Waals surface area contributed by atoms with Gasteiger partial charge in [0.25, 0.3) is 0 Å². The number of carbonyl (C=O) groups is 2. The third-order valence-corrected chi connectivity index (χ3v) is 6.87. The average molecular weight is 441 g/mol. The monoisotopic (exact) mass is 440 g/mol. The van der Waals surface area contributed by atoms with Gasteiger partial charge in [-0.25, -0.2) is 4.98 Å². The SMILES string of the molecule is COc1ccc2nc(CCN(C)C(=O)CC[C@]3(Cc4cccs4)CCC(=O)N3)[nH]c2c1. The predicted octanol–water partition coefficient (Wildman–Crippen LogP) is 3.31. The number of carbonyl (C=O) groups excluding carboxylic acids is 2. The number of likely N-dealkylation sites (N-methyl/N-ethyl adjacent to an activating group) is 1. The Morgan fingerprint density at radius 1 is 1.35 bits per heavy atom. The summed E-state index contributed by atoms with van der Waals surface area (Å²) in [6, 6.07) is 9.84. The summed E-state index contributed by atoms with van der Waals surface area (Å²) in [5.74, 6) is 1.80. The van der Waals surface area contributed by atoms with Gasteiger partial charge in [-0.05, 0) is 36.4 Å². The first kappa shape index (κ1) is 21.4. The Labute approximate surface area is 185 Å². The fourth-order valence-corrected chi connectivity index (χ4v) is 5.00. The van der Waals surface area contributed by atoms with Crippen LogP contribution in [0.15, 0.2) is 35.7 Å². The first-order valence-electron chi connectivity index (χ1n) is 10.6. The largest absolute Gasteiger partial charge is 0.497 e. The number of imidazole rings is 1. The van der Waals surface area contributed by atoms with Crippen molar-refractivity contribution in [1.29, 1.82) is 0 Å². The second kappa shape index (κ2) is 9.09. The van der Waals surface area contributed by atoms with Gasteiger partial charge in [0.1, 0.15) is 11.6 Å². The Balaban J connectivity index is 1.32. The number of hydrogen-bond acceptors (Lipinski definition) is 5. The highest BCUT2D eigenvalue weighted by Gasteiger charge is 2.38. The van der Waals surface area contributed by atoms with Crippen molar-refractivity contribution >= 4 is 34.2 Å². The molecular formula is C23H28N4O3S. The molecule has 1 aliphatic heterocycles. The van der Waals surface area contributed by atoms with Crippen LogP contribution in [-0.2, 0) is 22.4 Å². The molecule has 7 nitrogen and oxygen atoms in total. The number of hydrogen-bond donors (Lipinski definition) is 2. The van der Waals surface area contributed by atoms with Gasteiger partial charge in [-0.15, -0.1) is 11.3 Å². The standard InChI is InChI=1S/C23H28N4O3S/c1-27(12-9-20-24-18-6-5-16(30-2)14-19(18)25-20)22(29)8-11-23(10-7-21(28)26-23)15-17-4-3-13-31-17/h3-6,13-14H,7-12,15H2,1-2H3,(H,24,25)(H,26,28)/t23-/m0/s1. The van der Waals surface area contributed by atoms with E-state index >= 15 is 0 Å². The average Bonchev–Trinajstić information content (AvgIpc) is 3.50. The van der Waals surface area contributed by atoms with Gasteiger partial charge in [-0.2, -0.15) is 0 Å². The van der Waals surface area contributed by atoms with Crippen LogP contribution in [0, 0.1) is 0 Å². The number of ether oxygens (including phenoxy) is 1. The normalized spacial score (nSPS) is 18.3. The number of benzene rings is 1. The Morgan fingerprint density at radius 2 is 2.23 bits per heavy atom. The quantitative estimate of drug-likeness (QED) is 0.534. The minimum atomic E-state index is -0.309. The molecule has 1 aromatic carbocycles. The van der Waals surface area contributed by atoms with E-state index < -0.39 is 0 Å². The molecule has 2 N–H and O–H groups in total. The van der Waals surface area contributed by atoms with E-state index in [2.05, 4.69) is 21.4 Å². The van der Waals surface area contributed by atoms with Crippen LogP contribution >= 0.6 is 11.3 Å². The van der Waals surface area contributed by atoms with Gasteiger partial charge in [-0.1, -0.05) is 6.07 Å². The fraction of sp³-hybridized carbons (Fsp3) is 0.435. The van der Waals surface area contributed by atoms with Crippen molar-refractivity contribution < 1.29 is 14.3 Å². The van der Waals surface area contributed by atoms with Gasteiger partial charge in [0, 0.05) is 55.8 Å². The Morgan fingerprint density at radius 3 is 2.94 bits per heavy atom. The van der Waals surface area contributed by atoms with E-state index in [-0.39, 0.29) is 17.4 Å². The third kappa shape index (κ3) is 5.07. The lowest BCUT2D eigenvalue weighted by Crippen LogP contribution is -2.44. The molecule has 4 rings (SSSR count). The summed E-state index contributed by atoms with van der Waals surface area (Å²) in [6.07, 6.45) is 3.82. The number of nitrogens with one attached hydrogen (secondary N) is 2. The molecule has 0 aliphatic carbocycles. The van der Waals surface area contributed by atoms with Gasteiger partial charge < -0.3 is 19.9 Å². The lowest BCUT2D eigenvalue weighted by Gasteiger charge is -2.29. The van der Waals surface area contributed by atoms with Crippen LogP contribution in [0.4, 0.5) is 0 Å². The fourth-order valence-electron chi connectivity index (χ4n) is 4.15. The summed E-state index contributed by atoms with van der Waals surface area (Å²) in [6.45, 7) is 0.583. The molecule has 1 aliphatic rings. The zero-order valence-corrected chi connectivity index (χ0v) is 18.8. The van der Waals surface area contributed by atoms with Gasteiger partial charge in [0.15, 0.2) is 0 Å². The van der Waals surface area contributed by atoms with Gasteiger partial charge in [-0.3, -0.25) is 9.59 Å². The van der Waals surface area contributed by atoms with E-state index in [0.717, 1.165) is 35.4 Å². The smallest absolute Gasteiger partial charge is 0.222 e. The zero-order valence-electron chi connectivity index (χ0n) is 17.9. The second-order valence-electron chi connectivity index (χ2n) is 8.22. The molecule has 1 fully saturated rings. The first-order valence-corrected chi connectivity index (χ1v) is 11.4. The molecule has 164 valence electrons. The number of H-pyrrole nitrogens is 1. The van der Waals surface area contributed by atoms with E-state index in [1.807, 2.05) is 36.7 Å². The van der Waals surface area contributed by atoms with E-state index in [9.17, 15) is 9.59 Å². The van der Waals surface area contributed by atoms with Crippen LogP contribution in [0.2, 0.25) is 0 Å². The number of fused-ring (bicyclic) bond motifs is 1. The molecule has 3 heterocycles. The molecule has 3 aromatic rings. The van der Waals surface area contributed by atoms with E-state index in [4.69, 9.17) is 4.74 Å². The van der Waals surface area contributed by atoms with E-state index in [0.29, 0.717) is 32.2 Å². The molecule has 0 unspecified atom stereocenters. The second-order valence-corrected chi connectivity index (χ2v) is 9.25. The Hall–Kier alpha value is -2.87. The predicted molar refractivity (Wildman–Crippen MR) is 121 cm³/mol. The number of nitrogens with zero attached hydrogens (tertiary/aromatic N) is 2. The zero-order chi connectivity index (χ0) is 21.8. The van der Waals surface area contributed by atoms with Crippen molar-refractivity contribution in [1.82, 2.24) is 20.2 Å². The Kier molecular flexibility index (Phi) is 6.27. The molecule has 1 atom stereocenters. The van der Waals surface area contributed by atoms with Crippen molar-refractivity contribution in [2.75, 3.05) is 20.7 Å². The van der Waals surface area contributed by atoms with Gasteiger partial charge in [0.2, 0.25) is 11.8 Å². The van der Waals surface area contributed by atoms with Crippen molar-refractivity contribution in [3.8, 4) is 5.75 Å². The summed E-state index contributed by atoms with van der Waals surface area (Å²) in [5, 5.41) is 5.20. The highest BCUT2D eigenvalue weighted by atomic mass is 32.1. The van der Waals surface area contributed by atoms with Crippen molar-refractivity contribution in [2.24, 2.45) is 0 Å². The lowest BCUT2D eigenvalue weighted by molar-refractivity contribution is -0.130. The van der Waals surface area contributed by atoms with Crippen LogP contribution in [-0.4, -0.2) is 52.9 Å². The minimum Gasteiger partial charge on any atom is -0.497 e. The summed E-state index contributed by atoms with van der Waals surface area (Å²) >= 11 is 1.69. The molecule has 31 heavy (non-hydrogen) atoms. The first-order chi connectivity index (χ1) is 15.0. The van der Waals surface area contributed by atoms with Crippen LogP contribution in [0.25, 0.3) is 11.0 Å². The summed E-state index contributed by atoms with van der Waals surface area (Å²) < 4.78 is 5.25. The Bertz CT molecular complexity index is 1060. The maximum atomic E-state index is 12.8. The van der Waals surface area contributed by atoms with Crippen molar-refractivity contribution in [3.63, 3.8) is 0 Å². The maximum Gasteiger partial charge on any atom is 0.222 e. The summed E-state index contributed by atoms with van der Waals surface area (Å²) in [7, 11) is 3.47. The number of amides is 2. The van der Waals surface area contributed by atoms with Crippen LogP contribution in [0.1, 0.15) is 36.4 Å². The van der Waals surface area contributed by atoms with Crippen LogP contribution in [0.3, 0.4) is 0 Å². The van der Waals surface area contributed by atoms with E-state index in [1.54, 1.807) is 23.3 Å². The van der Waals surface area contributed by atoms with Crippen molar-refractivity contribution in [3.05, 3.63) is 46.4 Å². The third-order valence-electron chi connectivity index (χ3n) is 5.99. The molecule has 8 heteroatoms. The van der Waals surface area contributed by atoms with Gasteiger partial charge in [0.05, 0.1) is 18.1 Å². The molecule has 0 saturated carbocycles. The molecule has 2 amide bonds. The number of thiophene rings is 1. The number of aromatic nitrogens is 2. The molecular weight excluding hydrogens is 412 g/mol. The van der Waals surface area contributed by atoms with Crippen LogP contribution in [0.5, 0.6) is 5.75 Å². The van der Waals surface area contributed by atoms with Crippen LogP contribution < -0.4 is 10.1 Å². The summed E-state index contributed by atoms with van der Waals surface area (Å²) in [4.78, 5) is 35.6.